The van der Waals surface area contributed by atoms with E-state index in [0.717, 1.165) is 5.56 Å². The first kappa shape index (κ1) is 25.8. The van der Waals surface area contributed by atoms with Crippen LogP contribution in [-0.4, -0.2) is 41.3 Å². The highest BCUT2D eigenvalue weighted by Gasteiger charge is 2.40. The molecule has 1 fully saturated rings. The molecule has 0 aliphatic carbocycles. The van der Waals surface area contributed by atoms with Crippen LogP contribution in [0.25, 0.3) is 11.0 Å². The molecule has 1 unspecified atom stereocenters. The first-order valence-electron chi connectivity index (χ1n) is 12.2. The van der Waals surface area contributed by atoms with Crippen molar-refractivity contribution in [2.75, 3.05) is 7.11 Å². The SMILES string of the molecule is COc1ccc(CN2C(=O)CCC(n3c(=O)n(C)c4cc(O[Si](C)(C)C(C)(C)C)ccc43)C2=O)cc1. The quantitative estimate of drug-likeness (QED) is 0.358. The average Bonchev–Trinajstić information content (AvgIpc) is 3.06. The Morgan fingerprint density at radius 2 is 1.61 bits per heavy atom. The van der Waals surface area contributed by atoms with Gasteiger partial charge in [0.2, 0.25) is 14.2 Å². The lowest BCUT2D eigenvalue weighted by Crippen LogP contribution is -2.47. The monoisotopic (exact) mass is 509 g/mol. The standard InChI is InChI=1S/C27H35N3O5Si/c1-27(2,3)36(6,7)35-20-12-13-21-23(16-20)28(4)26(33)30(21)22-14-15-24(31)29(25(22)32)17-18-8-10-19(34-5)11-9-18/h8-13,16,22H,14-15,17H2,1-7H3. The molecule has 0 N–H and O–H groups in total. The zero-order valence-corrected chi connectivity index (χ0v) is 23.1. The third-order valence-electron chi connectivity index (χ3n) is 7.54. The summed E-state index contributed by atoms with van der Waals surface area (Å²) < 4.78 is 14.7. The van der Waals surface area contributed by atoms with Gasteiger partial charge >= 0.3 is 5.69 Å². The number of amides is 2. The number of benzene rings is 2. The molecule has 0 spiro atoms. The molecule has 36 heavy (non-hydrogen) atoms. The number of methoxy groups -OCH3 is 1. The Morgan fingerprint density at radius 3 is 2.22 bits per heavy atom. The summed E-state index contributed by atoms with van der Waals surface area (Å²) in [7, 11) is 1.22. The number of carbonyl (C=O) groups is 2. The number of rotatable bonds is 6. The molecule has 0 saturated carbocycles. The van der Waals surface area contributed by atoms with Gasteiger partial charge in [-0.25, -0.2) is 4.79 Å². The molecule has 2 amide bonds. The number of imide groups is 1. The highest BCUT2D eigenvalue weighted by molar-refractivity contribution is 6.74. The van der Waals surface area contributed by atoms with Crippen molar-refractivity contribution in [1.82, 2.24) is 14.0 Å². The molecule has 1 atom stereocenters. The number of piperidine rings is 1. The number of likely N-dealkylation sites (tertiary alicyclic amines) is 1. The molecular formula is C27H35N3O5Si. The van der Waals surface area contributed by atoms with E-state index >= 15 is 0 Å². The van der Waals surface area contributed by atoms with E-state index in [1.807, 2.05) is 30.3 Å². The van der Waals surface area contributed by atoms with E-state index in [1.54, 1.807) is 30.9 Å². The Morgan fingerprint density at radius 1 is 0.972 bits per heavy atom. The van der Waals surface area contributed by atoms with Crippen molar-refractivity contribution >= 4 is 31.2 Å². The van der Waals surface area contributed by atoms with Crippen molar-refractivity contribution < 1.29 is 18.8 Å². The number of nitrogens with zero attached hydrogens (tertiary/aromatic N) is 3. The second-order valence-electron chi connectivity index (χ2n) is 10.9. The second-order valence-corrected chi connectivity index (χ2v) is 15.7. The first-order valence-corrected chi connectivity index (χ1v) is 15.1. The number of carbonyl (C=O) groups excluding carboxylic acids is 2. The summed E-state index contributed by atoms with van der Waals surface area (Å²) in [5.41, 5.74) is 1.88. The van der Waals surface area contributed by atoms with E-state index in [9.17, 15) is 14.4 Å². The molecule has 0 bridgehead atoms. The van der Waals surface area contributed by atoms with Crippen LogP contribution in [0.1, 0.15) is 45.2 Å². The number of imidazole rings is 1. The average molecular weight is 510 g/mol. The third kappa shape index (κ3) is 4.59. The smallest absolute Gasteiger partial charge is 0.329 e. The minimum atomic E-state index is -2.06. The molecule has 2 aromatic carbocycles. The highest BCUT2D eigenvalue weighted by Crippen LogP contribution is 2.38. The predicted octanol–water partition coefficient (Wildman–Crippen LogP) is 4.62. The molecule has 1 aromatic heterocycles. The molecule has 1 aliphatic heterocycles. The summed E-state index contributed by atoms with van der Waals surface area (Å²) in [6, 6.07) is 12.1. The molecule has 1 aliphatic rings. The van der Waals surface area contributed by atoms with Crippen molar-refractivity contribution in [1.29, 1.82) is 0 Å². The predicted molar refractivity (Wildman–Crippen MR) is 142 cm³/mol. The van der Waals surface area contributed by atoms with Gasteiger partial charge in [0.15, 0.2) is 0 Å². The van der Waals surface area contributed by atoms with Gasteiger partial charge in [-0.2, -0.15) is 0 Å². The van der Waals surface area contributed by atoms with Crippen LogP contribution in [-0.2, 0) is 23.2 Å². The molecular weight excluding hydrogens is 474 g/mol. The molecule has 0 radical (unpaired) electrons. The number of fused-ring (bicyclic) bond motifs is 1. The Hall–Kier alpha value is -3.33. The number of hydrogen-bond acceptors (Lipinski definition) is 5. The van der Waals surface area contributed by atoms with Crippen molar-refractivity contribution in [2.45, 2.75) is 64.3 Å². The van der Waals surface area contributed by atoms with E-state index in [1.165, 1.54) is 9.47 Å². The van der Waals surface area contributed by atoms with Crippen molar-refractivity contribution in [3.8, 4) is 11.5 Å². The van der Waals surface area contributed by atoms with Gasteiger partial charge in [0.1, 0.15) is 17.5 Å². The van der Waals surface area contributed by atoms with Crippen molar-refractivity contribution in [3.63, 3.8) is 0 Å². The maximum Gasteiger partial charge on any atom is 0.329 e. The summed E-state index contributed by atoms with van der Waals surface area (Å²) in [6.07, 6.45) is 0.486. The van der Waals surface area contributed by atoms with Crippen molar-refractivity contribution in [3.05, 3.63) is 58.5 Å². The maximum atomic E-state index is 13.5. The second kappa shape index (κ2) is 9.27. The molecule has 3 aromatic rings. The zero-order valence-electron chi connectivity index (χ0n) is 22.1. The maximum absolute atomic E-state index is 13.5. The molecule has 8 nitrogen and oxygen atoms in total. The largest absolute Gasteiger partial charge is 0.543 e. The lowest BCUT2D eigenvalue weighted by atomic mass is 10.0. The highest BCUT2D eigenvalue weighted by atomic mass is 28.4. The summed E-state index contributed by atoms with van der Waals surface area (Å²) in [6.45, 7) is 11.0. The fourth-order valence-corrected chi connectivity index (χ4v) is 5.32. The molecule has 4 rings (SSSR count). The minimum Gasteiger partial charge on any atom is -0.543 e. The van der Waals surface area contributed by atoms with Gasteiger partial charge < -0.3 is 9.16 Å². The summed E-state index contributed by atoms with van der Waals surface area (Å²) in [4.78, 5) is 40.8. The molecule has 1 saturated heterocycles. The van der Waals surface area contributed by atoms with Crippen LogP contribution in [0, 0.1) is 0 Å². The number of aromatic nitrogens is 2. The topological polar surface area (TPSA) is 82.8 Å². The van der Waals surface area contributed by atoms with E-state index in [0.29, 0.717) is 22.5 Å². The van der Waals surface area contributed by atoms with Gasteiger partial charge in [-0.15, -0.1) is 0 Å². The minimum absolute atomic E-state index is 0.0359. The van der Waals surface area contributed by atoms with Crippen LogP contribution in [0.4, 0.5) is 0 Å². The lowest BCUT2D eigenvalue weighted by molar-refractivity contribution is -0.151. The van der Waals surface area contributed by atoms with Crippen LogP contribution >= 0.6 is 0 Å². The van der Waals surface area contributed by atoms with E-state index < -0.39 is 14.4 Å². The normalized spacial score (nSPS) is 17.1. The first-order chi connectivity index (χ1) is 16.8. The van der Waals surface area contributed by atoms with E-state index in [-0.39, 0.29) is 41.9 Å². The van der Waals surface area contributed by atoms with Gasteiger partial charge in [0.05, 0.1) is 24.7 Å². The Labute approximate surface area is 212 Å². The number of ether oxygens (including phenoxy) is 1. The third-order valence-corrected chi connectivity index (χ3v) is 11.9. The summed E-state index contributed by atoms with van der Waals surface area (Å²) >= 11 is 0. The lowest BCUT2D eigenvalue weighted by Gasteiger charge is -2.36. The Bertz CT molecular complexity index is 1370. The van der Waals surface area contributed by atoms with Crippen LogP contribution in [0.2, 0.25) is 18.1 Å². The fraction of sp³-hybridized carbons (Fsp3) is 0.444. The molecule has 2 heterocycles. The van der Waals surface area contributed by atoms with Crippen LogP contribution < -0.4 is 14.9 Å². The van der Waals surface area contributed by atoms with Gasteiger partial charge in [0, 0.05) is 19.5 Å². The van der Waals surface area contributed by atoms with Crippen LogP contribution in [0.15, 0.2) is 47.3 Å². The fourth-order valence-electron chi connectivity index (χ4n) is 4.30. The van der Waals surface area contributed by atoms with E-state index in [4.69, 9.17) is 9.16 Å². The number of aryl methyl sites for hydroxylation is 1. The molecule has 9 heteroatoms. The Kier molecular flexibility index (Phi) is 6.63. The van der Waals surface area contributed by atoms with Gasteiger partial charge in [-0.05, 0) is 54.4 Å². The van der Waals surface area contributed by atoms with E-state index in [2.05, 4.69) is 33.9 Å². The molecule has 192 valence electrons. The zero-order chi connectivity index (χ0) is 26.4. The Balaban J connectivity index is 1.67. The van der Waals surface area contributed by atoms with Gasteiger partial charge in [-0.1, -0.05) is 32.9 Å². The van der Waals surface area contributed by atoms with Crippen molar-refractivity contribution in [2.24, 2.45) is 7.05 Å². The van der Waals surface area contributed by atoms with Crippen LogP contribution in [0.3, 0.4) is 0 Å². The van der Waals surface area contributed by atoms with Crippen LogP contribution in [0.5, 0.6) is 11.5 Å². The van der Waals surface area contributed by atoms with Gasteiger partial charge in [-0.3, -0.25) is 23.6 Å². The summed E-state index contributed by atoms with van der Waals surface area (Å²) in [5, 5.41) is 0.0359. The number of hydrogen-bond donors (Lipinski definition) is 0. The summed E-state index contributed by atoms with van der Waals surface area (Å²) in [5.74, 6) is 0.823. The van der Waals surface area contributed by atoms with Gasteiger partial charge in [0.25, 0.3) is 5.91 Å².